The topological polar surface area (TPSA) is 46.8 Å². The Balaban J connectivity index is 2.04. The van der Waals surface area contributed by atoms with Crippen LogP contribution < -0.4 is 4.90 Å². The highest BCUT2D eigenvalue weighted by molar-refractivity contribution is 5.38. The molecule has 0 amide bonds. The number of alkyl halides is 3. The summed E-state index contributed by atoms with van der Waals surface area (Å²) in [7, 11) is 1.55. The molecule has 0 spiro atoms. The average molecular weight is 285 g/mol. The highest BCUT2D eigenvalue weighted by atomic mass is 19.4. The Morgan fingerprint density at radius 3 is 2.45 bits per heavy atom. The van der Waals surface area contributed by atoms with E-state index in [1.54, 1.807) is 30.1 Å². The third kappa shape index (κ3) is 3.69. The Hall–Kier alpha value is -2.12. The molecule has 0 saturated heterocycles. The van der Waals surface area contributed by atoms with Crippen molar-refractivity contribution in [3.63, 3.8) is 0 Å². The van der Waals surface area contributed by atoms with Crippen molar-refractivity contribution in [2.45, 2.75) is 19.5 Å². The van der Waals surface area contributed by atoms with Gasteiger partial charge in [-0.15, -0.1) is 10.2 Å². The Bertz CT molecular complexity index is 561. The molecule has 0 fully saturated rings. The van der Waals surface area contributed by atoms with E-state index in [1.807, 2.05) is 13.0 Å². The second-order valence-electron chi connectivity index (χ2n) is 4.44. The van der Waals surface area contributed by atoms with Crippen LogP contribution in [0.3, 0.4) is 0 Å². The molecule has 5 nitrogen and oxygen atoms in total. The largest absolute Gasteiger partial charge is 0.390 e. The maximum absolute atomic E-state index is 12.1. The third-order valence-electron chi connectivity index (χ3n) is 2.72. The number of aryl methyl sites for hydroxylation is 1. The maximum Gasteiger partial charge on any atom is 0.390 e. The fourth-order valence-corrected chi connectivity index (χ4v) is 1.60. The van der Waals surface area contributed by atoms with Crippen molar-refractivity contribution in [1.29, 1.82) is 0 Å². The average Bonchev–Trinajstić information content (AvgIpc) is 2.82. The van der Waals surface area contributed by atoms with Gasteiger partial charge in [-0.3, -0.25) is 0 Å². The van der Waals surface area contributed by atoms with Crippen molar-refractivity contribution in [3.8, 4) is 5.82 Å². The van der Waals surface area contributed by atoms with Gasteiger partial charge >= 0.3 is 6.18 Å². The molecule has 0 aliphatic carbocycles. The van der Waals surface area contributed by atoms with E-state index >= 15 is 0 Å². The number of anilines is 1. The first-order chi connectivity index (χ1) is 9.35. The number of hydrogen-bond donors (Lipinski definition) is 0. The number of nitrogens with zero attached hydrogens (tertiary/aromatic N) is 5. The van der Waals surface area contributed by atoms with Crippen molar-refractivity contribution in [1.82, 2.24) is 20.0 Å². The Morgan fingerprint density at radius 2 is 1.95 bits per heavy atom. The minimum atomic E-state index is -4.17. The van der Waals surface area contributed by atoms with Gasteiger partial charge in [0.25, 0.3) is 0 Å². The molecule has 0 bridgehead atoms. The second kappa shape index (κ2) is 5.48. The number of rotatable bonds is 4. The summed E-state index contributed by atoms with van der Waals surface area (Å²) < 4.78 is 38.0. The number of hydrogen-bond acceptors (Lipinski definition) is 4. The van der Waals surface area contributed by atoms with Gasteiger partial charge in [-0.25, -0.2) is 4.68 Å². The lowest BCUT2D eigenvalue weighted by Gasteiger charge is -2.18. The van der Waals surface area contributed by atoms with Crippen molar-refractivity contribution < 1.29 is 13.2 Å². The van der Waals surface area contributed by atoms with Gasteiger partial charge in [-0.2, -0.15) is 18.3 Å². The molecule has 0 aromatic carbocycles. The van der Waals surface area contributed by atoms with Crippen LogP contribution in [0.4, 0.5) is 19.0 Å². The summed E-state index contributed by atoms with van der Waals surface area (Å²) in [4.78, 5) is 1.42. The van der Waals surface area contributed by atoms with Gasteiger partial charge in [0, 0.05) is 19.8 Å². The van der Waals surface area contributed by atoms with Crippen molar-refractivity contribution in [3.05, 3.63) is 30.1 Å². The van der Waals surface area contributed by atoms with Gasteiger partial charge in [0.15, 0.2) is 11.6 Å². The standard InChI is InChI=1S/C12H14F3N5/c1-9-5-7-20(18-9)11-4-3-10(16-17-11)19(2)8-6-12(13,14)15/h3-5,7H,6,8H2,1-2H3. The quantitative estimate of drug-likeness (QED) is 0.865. The molecule has 0 radical (unpaired) electrons. The van der Waals surface area contributed by atoms with Crippen molar-refractivity contribution in [2.75, 3.05) is 18.5 Å². The molecule has 0 aliphatic heterocycles. The molecule has 0 aliphatic rings. The van der Waals surface area contributed by atoms with Crippen LogP contribution >= 0.6 is 0 Å². The molecule has 2 aromatic rings. The normalized spacial score (nSPS) is 11.7. The van der Waals surface area contributed by atoms with Gasteiger partial charge in [0.05, 0.1) is 12.1 Å². The molecular formula is C12H14F3N5. The van der Waals surface area contributed by atoms with Crippen LogP contribution in [0.2, 0.25) is 0 Å². The SMILES string of the molecule is Cc1ccn(-c2ccc(N(C)CCC(F)(F)F)nn2)n1. The van der Waals surface area contributed by atoms with Gasteiger partial charge in [-0.1, -0.05) is 0 Å². The van der Waals surface area contributed by atoms with Crippen LogP contribution in [-0.2, 0) is 0 Å². The predicted molar refractivity (Wildman–Crippen MR) is 67.8 cm³/mol. The number of aromatic nitrogens is 4. The molecule has 2 heterocycles. The van der Waals surface area contributed by atoms with E-state index in [1.165, 1.54) is 4.90 Å². The molecular weight excluding hydrogens is 271 g/mol. The zero-order valence-corrected chi connectivity index (χ0v) is 11.1. The molecule has 20 heavy (non-hydrogen) atoms. The lowest BCUT2D eigenvalue weighted by Crippen LogP contribution is -2.25. The zero-order chi connectivity index (χ0) is 14.8. The monoisotopic (exact) mass is 285 g/mol. The zero-order valence-electron chi connectivity index (χ0n) is 11.1. The summed E-state index contributed by atoms with van der Waals surface area (Å²) in [5.41, 5.74) is 0.846. The minimum absolute atomic E-state index is 0.154. The summed E-state index contributed by atoms with van der Waals surface area (Å²) in [6, 6.07) is 5.11. The summed E-state index contributed by atoms with van der Waals surface area (Å²) >= 11 is 0. The fourth-order valence-electron chi connectivity index (χ4n) is 1.60. The van der Waals surface area contributed by atoms with Crippen LogP contribution in [0.5, 0.6) is 0 Å². The highest BCUT2D eigenvalue weighted by Crippen LogP contribution is 2.20. The first-order valence-electron chi connectivity index (χ1n) is 5.99. The minimum Gasteiger partial charge on any atom is -0.358 e. The fraction of sp³-hybridized carbons (Fsp3) is 0.417. The van der Waals surface area contributed by atoms with Gasteiger partial charge < -0.3 is 4.90 Å². The summed E-state index contributed by atoms with van der Waals surface area (Å²) in [6.07, 6.45) is -3.31. The molecule has 0 atom stereocenters. The maximum atomic E-state index is 12.1. The van der Waals surface area contributed by atoms with Crippen LogP contribution in [-0.4, -0.2) is 39.7 Å². The first kappa shape index (κ1) is 14.3. The molecule has 8 heteroatoms. The van der Waals surface area contributed by atoms with Gasteiger partial charge in [-0.05, 0) is 25.1 Å². The Kier molecular flexibility index (Phi) is 3.91. The van der Waals surface area contributed by atoms with Crippen LogP contribution in [0, 0.1) is 6.92 Å². The van der Waals surface area contributed by atoms with E-state index in [2.05, 4.69) is 15.3 Å². The lowest BCUT2D eigenvalue weighted by atomic mass is 10.3. The molecule has 0 unspecified atom stereocenters. The van der Waals surface area contributed by atoms with E-state index in [-0.39, 0.29) is 6.54 Å². The molecule has 0 N–H and O–H groups in total. The predicted octanol–water partition coefficient (Wildman–Crippen LogP) is 2.36. The molecule has 2 rings (SSSR count). The second-order valence-corrected chi connectivity index (χ2v) is 4.44. The van der Waals surface area contributed by atoms with Gasteiger partial charge in [0.1, 0.15) is 0 Å². The van der Waals surface area contributed by atoms with E-state index in [4.69, 9.17) is 0 Å². The first-order valence-corrected chi connectivity index (χ1v) is 5.99. The summed E-state index contributed by atoms with van der Waals surface area (Å²) in [5.74, 6) is 0.910. The molecule has 108 valence electrons. The summed E-state index contributed by atoms with van der Waals surface area (Å²) in [6.45, 7) is 1.70. The highest BCUT2D eigenvalue weighted by Gasteiger charge is 2.27. The van der Waals surface area contributed by atoms with E-state index in [0.29, 0.717) is 11.6 Å². The van der Waals surface area contributed by atoms with E-state index in [9.17, 15) is 13.2 Å². The van der Waals surface area contributed by atoms with E-state index < -0.39 is 12.6 Å². The van der Waals surface area contributed by atoms with Crippen LogP contribution in [0.1, 0.15) is 12.1 Å². The van der Waals surface area contributed by atoms with Crippen LogP contribution in [0.15, 0.2) is 24.4 Å². The van der Waals surface area contributed by atoms with Crippen LogP contribution in [0.25, 0.3) is 5.82 Å². The molecule has 2 aromatic heterocycles. The van der Waals surface area contributed by atoms with E-state index in [0.717, 1.165) is 5.69 Å². The lowest BCUT2D eigenvalue weighted by molar-refractivity contribution is -0.132. The molecule has 0 saturated carbocycles. The smallest absolute Gasteiger partial charge is 0.358 e. The van der Waals surface area contributed by atoms with Gasteiger partial charge in [0.2, 0.25) is 0 Å². The summed E-state index contributed by atoms with van der Waals surface area (Å²) in [5, 5.41) is 12.0. The number of halogens is 3. The Labute approximate surface area is 114 Å². The Morgan fingerprint density at radius 1 is 1.20 bits per heavy atom. The van der Waals surface area contributed by atoms with Crippen molar-refractivity contribution >= 4 is 5.82 Å². The third-order valence-corrected chi connectivity index (χ3v) is 2.72. The van der Waals surface area contributed by atoms with Crippen molar-refractivity contribution in [2.24, 2.45) is 0 Å².